The van der Waals surface area contributed by atoms with Crippen molar-refractivity contribution in [2.75, 3.05) is 5.32 Å². The number of carbonyl (C=O) groups is 1. The Balaban J connectivity index is 1.56. The molecule has 0 fully saturated rings. The number of anilines is 1. The first-order chi connectivity index (χ1) is 12.6. The van der Waals surface area contributed by atoms with Crippen molar-refractivity contribution in [3.05, 3.63) is 82.3 Å². The van der Waals surface area contributed by atoms with Crippen molar-refractivity contribution in [3.63, 3.8) is 0 Å². The molecule has 0 unspecified atom stereocenters. The van der Waals surface area contributed by atoms with Crippen molar-refractivity contribution < 1.29 is 4.79 Å². The highest BCUT2D eigenvalue weighted by Crippen LogP contribution is 2.27. The molecule has 0 aliphatic carbocycles. The number of aromatic nitrogens is 2. The number of amides is 1. The van der Waals surface area contributed by atoms with Crippen LogP contribution in [-0.4, -0.2) is 15.9 Å². The van der Waals surface area contributed by atoms with Crippen LogP contribution < -0.4 is 5.32 Å². The van der Waals surface area contributed by atoms with Crippen LogP contribution in [0, 0.1) is 0 Å². The Morgan fingerprint density at radius 3 is 2.46 bits per heavy atom. The topological polar surface area (TPSA) is 57.8 Å². The quantitative estimate of drug-likeness (QED) is 0.471. The normalized spacial score (nSPS) is 10.8. The molecular weight excluding hydrogens is 369 g/mol. The first-order valence-electron chi connectivity index (χ1n) is 7.92. The number of imidazole rings is 1. The predicted molar refractivity (Wildman–Crippen MR) is 106 cm³/mol. The minimum Gasteiger partial charge on any atom is -0.338 e. The zero-order chi connectivity index (χ0) is 18.1. The van der Waals surface area contributed by atoms with Gasteiger partial charge in [-0.25, -0.2) is 4.98 Å². The van der Waals surface area contributed by atoms with Gasteiger partial charge < -0.3 is 10.3 Å². The van der Waals surface area contributed by atoms with Crippen molar-refractivity contribution in [3.8, 4) is 11.4 Å². The van der Waals surface area contributed by atoms with Crippen LogP contribution in [0.2, 0.25) is 10.0 Å². The third-order valence-electron chi connectivity index (χ3n) is 4.00. The predicted octanol–water partition coefficient (Wildman–Crippen LogP) is 5.79. The van der Waals surface area contributed by atoms with E-state index >= 15 is 0 Å². The van der Waals surface area contributed by atoms with Crippen LogP contribution in [0.4, 0.5) is 5.69 Å². The monoisotopic (exact) mass is 381 g/mol. The summed E-state index contributed by atoms with van der Waals surface area (Å²) in [5.74, 6) is 0.468. The Bertz CT molecular complexity index is 1070. The number of nitrogens with one attached hydrogen (secondary N) is 2. The second-order valence-corrected chi connectivity index (χ2v) is 6.52. The molecule has 1 amide bonds. The number of para-hydroxylation sites is 2. The lowest BCUT2D eigenvalue weighted by atomic mass is 10.1. The number of hydrogen-bond acceptors (Lipinski definition) is 2. The van der Waals surface area contributed by atoms with E-state index in [1.54, 1.807) is 18.2 Å². The van der Waals surface area contributed by atoms with Crippen molar-refractivity contribution in [1.82, 2.24) is 9.97 Å². The molecule has 4 nitrogen and oxygen atoms in total. The number of hydrogen-bond donors (Lipinski definition) is 2. The van der Waals surface area contributed by atoms with Gasteiger partial charge >= 0.3 is 0 Å². The molecule has 1 heterocycles. The van der Waals surface area contributed by atoms with E-state index in [-0.39, 0.29) is 10.9 Å². The highest BCUT2D eigenvalue weighted by Gasteiger charge is 2.13. The third kappa shape index (κ3) is 3.17. The minimum absolute atomic E-state index is 0.241. The zero-order valence-electron chi connectivity index (χ0n) is 13.5. The van der Waals surface area contributed by atoms with E-state index in [4.69, 9.17) is 23.2 Å². The van der Waals surface area contributed by atoms with Gasteiger partial charge in [0.05, 0.1) is 26.6 Å². The summed E-state index contributed by atoms with van der Waals surface area (Å²) in [7, 11) is 0. The second-order valence-electron chi connectivity index (χ2n) is 5.74. The summed E-state index contributed by atoms with van der Waals surface area (Å²) in [5, 5.41) is 3.41. The van der Waals surface area contributed by atoms with Gasteiger partial charge in [-0.1, -0.05) is 41.4 Å². The molecule has 0 radical (unpaired) electrons. The Hall–Kier alpha value is -2.82. The Morgan fingerprint density at radius 2 is 1.69 bits per heavy atom. The number of benzene rings is 3. The lowest BCUT2D eigenvalue weighted by Crippen LogP contribution is -2.12. The summed E-state index contributed by atoms with van der Waals surface area (Å²) in [6.45, 7) is 0. The molecule has 0 atom stereocenters. The number of carbonyl (C=O) groups excluding carboxylic acids is 1. The maximum Gasteiger partial charge on any atom is 0.257 e. The zero-order valence-corrected chi connectivity index (χ0v) is 15.0. The minimum atomic E-state index is -0.311. The van der Waals surface area contributed by atoms with Crippen LogP contribution in [0.25, 0.3) is 22.4 Å². The standard InChI is InChI=1S/C20H13Cl2N3O/c21-15-5-3-4-14(18(15)22)20(26)23-13-10-8-12(9-11-13)19-24-16-6-1-2-7-17(16)25-19/h1-11H,(H,23,26)(H,24,25). The van der Waals surface area contributed by atoms with E-state index in [0.717, 1.165) is 22.4 Å². The molecule has 4 aromatic rings. The van der Waals surface area contributed by atoms with Crippen LogP contribution in [-0.2, 0) is 0 Å². The molecule has 0 aliphatic rings. The summed E-state index contributed by atoms with van der Waals surface area (Å²) in [4.78, 5) is 20.2. The largest absolute Gasteiger partial charge is 0.338 e. The maximum atomic E-state index is 12.4. The number of fused-ring (bicyclic) bond motifs is 1. The van der Waals surface area contributed by atoms with Crippen LogP contribution >= 0.6 is 23.2 Å². The van der Waals surface area contributed by atoms with Gasteiger partial charge in [-0.15, -0.1) is 0 Å². The molecule has 128 valence electrons. The van der Waals surface area contributed by atoms with Crippen LogP contribution in [0.15, 0.2) is 66.7 Å². The molecule has 0 spiro atoms. The number of halogens is 2. The smallest absolute Gasteiger partial charge is 0.257 e. The van der Waals surface area contributed by atoms with Crippen LogP contribution in [0.5, 0.6) is 0 Å². The molecule has 1 aromatic heterocycles. The molecular formula is C20H13Cl2N3O. The van der Waals surface area contributed by atoms with E-state index < -0.39 is 0 Å². The molecule has 6 heteroatoms. The van der Waals surface area contributed by atoms with E-state index in [1.165, 1.54) is 0 Å². The second kappa shape index (κ2) is 6.83. The van der Waals surface area contributed by atoms with E-state index in [9.17, 15) is 4.79 Å². The molecule has 4 rings (SSSR count). The Kier molecular flexibility index (Phi) is 4.37. The van der Waals surface area contributed by atoms with Gasteiger partial charge in [-0.2, -0.15) is 0 Å². The molecule has 0 saturated heterocycles. The van der Waals surface area contributed by atoms with Crippen molar-refractivity contribution in [1.29, 1.82) is 0 Å². The van der Waals surface area contributed by atoms with Crippen molar-refractivity contribution in [2.45, 2.75) is 0 Å². The lowest BCUT2D eigenvalue weighted by Gasteiger charge is -2.08. The third-order valence-corrected chi connectivity index (χ3v) is 4.82. The summed E-state index contributed by atoms with van der Waals surface area (Å²) < 4.78 is 0. The highest BCUT2D eigenvalue weighted by atomic mass is 35.5. The van der Waals surface area contributed by atoms with E-state index in [1.807, 2.05) is 48.5 Å². The fourth-order valence-corrected chi connectivity index (χ4v) is 3.06. The lowest BCUT2D eigenvalue weighted by molar-refractivity contribution is 0.102. The van der Waals surface area contributed by atoms with E-state index in [0.29, 0.717) is 16.3 Å². The molecule has 26 heavy (non-hydrogen) atoms. The fraction of sp³-hybridized carbons (Fsp3) is 0. The first kappa shape index (κ1) is 16.6. The highest BCUT2D eigenvalue weighted by molar-refractivity contribution is 6.44. The van der Waals surface area contributed by atoms with Crippen molar-refractivity contribution in [2.24, 2.45) is 0 Å². The molecule has 0 saturated carbocycles. The van der Waals surface area contributed by atoms with Gasteiger partial charge in [0.2, 0.25) is 0 Å². The number of rotatable bonds is 3. The summed E-state index contributed by atoms with van der Waals surface area (Å²) >= 11 is 12.1. The summed E-state index contributed by atoms with van der Waals surface area (Å²) in [5.41, 5.74) is 3.82. The van der Waals surface area contributed by atoms with E-state index in [2.05, 4.69) is 15.3 Å². The average Bonchev–Trinajstić information content (AvgIpc) is 3.08. The first-order valence-corrected chi connectivity index (χ1v) is 8.68. The molecule has 0 bridgehead atoms. The number of nitrogens with zero attached hydrogens (tertiary/aromatic N) is 1. The van der Waals surface area contributed by atoms with Gasteiger partial charge in [0.15, 0.2) is 0 Å². The molecule has 3 aromatic carbocycles. The Morgan fingerprint density at radius 1 is 0.923 bits per heavy atom. The van der Waals surface area contributed by atoms with Crippen molar-refractivity contribution >= 4 is 45.8 Å². The fourth-order valence-electron chi connectivity index (χ4n) is 2.68. The van der Waals surface area contributed by atoms with Gasteiger partial charge in [0, 0.05) is 11.3 Å². The number of H-pyrrole nitrogens is 1. The van der Waals surface area contributed by atoms with Gasteiger partial charge in [-0.05, 0) is 48.5 Å². The SMILES string of the molecule is O=C(Nc1ccc(-c2nc3ccccc3[nH]2)cc1)c1cccc(Cl)c1Cl. The van der Waals surface area contributed by atoms with Crippen LogP contribution in [0.3, 0.4) is 0 Å². The molecule has 0 aliphatic heterocycles. The van der Waals surface area contributed by atoms with Gasteiger partial charge in [0.1, 0.15) is 5.82 Å². The van der Waals surface area contributed by atoms with Gasteiger partial charge in [0.25, 0.3) is 5.91 Å². The maximum absolute atomic E-state index is 12.4. The summed E-state index contributed by atoms with van der Waals surface area (Å²) in [6.07, 6.45) is 0. The average molecular weight is 382 g/mol. The van der Waals surface area contributed by atoms with Gasteiger partial charge in [-0.3, -0.25) is 4.79 Å². The Labute approximate surface area is 159 Å². The molecule has 2 N–H and O–H groups in total. The van der Waals surface area contributed by atoms with Crippen LogP contribution in [0.1, 0.15) is 10.4 Å². The number of aromatic amines is 1. The summed E-state index contributed by atoms with van der Waals surface area (Å²) in [6, 6.07) is 20.2.